The van der Waals surface area contributed by atoms with Gasteiger partial charge < -0.3 is 0 Å². The first kappa shape index (κ1) is 22.2. The minimum Gasteiger partial charge on any atom is -0.274 e. The highest BCUT2D eigenvalue weighted by Gasteiger charge is 2.63. The first-order valence-electron chi connectivity index (χ1n) is 12.0. The van der Waals surface area contributed by atoms with Crippen molar-refractivity contribution in [3.63, 3.8) is 0 Å². The number of nitrogens with zero attached hydrogens (tertiary/aromatic N) is 2. The summed E-state index contributed by atoms with van der Waals surface area (Å²) in [6.07, 6.45) is 4.08. The van der Waals surface area contributed by atoms with Gasteiger partial charge in [0.1, 0.15) is 5.69 Å². The van der Waals surface area contributed by atoms with Crippen LogP contribution in [-0.2, 0) is 9.59 Å². The average molecular weight is 477 g/mol. The van der Waals surface area contributed by atoms with Crippen molar-refractivity contribution >= 4 is 28.8 Å². The average Bonchev–Trinajstić information content (AvgIpc) is 3.51. The number of benzene rings is 3. The number of allylic oxidation sites excluding steroid dienone is 3. The van der Waals surface area contributed by atoms with E-state index in [1.165, 1.54) is 6.07 Å². The van der Waals surface area contributed by atoms with Crippen molar-refractivity contribution < 1.29 is 14.5 Å². The third-order valence-electron chi connectivity index (χ3n) is 7.86. The fourth-order valence-corrected chi connectivity index (χ4v) is 6.15. The molecule has 0 spiro atoms. The first-order chi connectivity index (χ1) is 17.4. The predicted molar refractivity (Wildman–Crippen MR) is 137 cm³/mol. The molecule has 4 atom stereocenters. The topological polar surface area (TPSA) is 80.5 Å². The van der Waals surface area contributed by atoms with Gasteiger partial charge in [-0.25, -0.2) is 4.90 Å². The molecule has 0 N–H and O–H groups in total. The van der Waals surface area contributed by atoms with E-state index < -0.39 is 16.8 Å². The van der Waals surface area contributed by atoms with Crippen LogP contribution in [0.3, 0.4) is 0 Å². The molecule has 178 valence electrons. The van der Waals surface area contributed by atoms with Crippen LogP contribution in [0.5, 0.6) is 0 Å². The van der Waals surface area contributed by atoms with E-state index in [4.69, 9.17) is 0 Å². The second-order valence-electron chi connectivity index (χ2n) is 9.74. The Morgan fingerprint density at radius 1 is 0.778 bits per heavy atom. The molecule has 0 aromatic heterocycles. The highest BCUT2D eigenvalue weighted by Crippen LogP contribution is 2.59. The predicted octanol–water partition coefficient (Wildman–Crippen LogP) is 5.64. The van der Waals surface area contributed by atoms with Crippen LogP contribution in [-0.4, -0.2) is 16.7 Å². The summed E-state index contributed by atoms with van der Waals surface area (Å²) in [4.78, 5) is 40.0. The SMILES string of the molecule is Cc1cc(N2C(=O)[C@@H]3[C@@H](C2=O)[C@@H]2C=C[C@@H]3C2=C(c2ccccc2)c2ccccc2)c([N+](=O)[O-])cc1C. The Kier molecular flexibility index (Phi) is 5.00. The quantitative estimate of drug-likeness (QED) is 0.211. The molecule has 1 saturated carbocycles. The van der Waals surface area contributed by atoms with E-state index in [-0.39, 0.29) is 35.0 Å². The molecular weight excluding hydrogens is 452 g/mol. The number of rotatable bonds is 4. The summed E-state index contributed by atoms with van der Waals surface area (Å²) in [5.41, 5.74) is 5.61. The van der Waals surface area contributed by atoms with Crippen LogP contribution in [0.15, 0.2) is 90.5 Å². The summed E-state index contributed by atoms with van der Waals surface area (Å²) in [5.74, 6) is -2.31. The van der Waals surface area contributed by atoms with Gasteiger partial charge in [-0.05, 0) is 53.3 Å². The van der Waals surface area contributed by atoms with Crippen molar-refractivity contribution in [2.24, 2.45) is 23.7 Å². The van der Waals surface area contributed by atoms with Crippen LogP contribution >= 0.6 is 0 Å². The summed E-state index contributed by atoms with van der Waals surface area (Å²) in [6.45, 7) is 3.61. The molecule has 3 aromatic rings. The van der Waals surface area contributed by atoms with Crippen molar-refractivity contribution in [3.8, 4) is 0 Å². The number of nitro groups is 1. The molecule has 0 unspecified atom stereocenters. The Labute approximate surface area is 208 Å². The number of nitro benzene ring substituents is 1. The van der Waals surface area contributed by atoms with Crippen LogP contribution in [0.1, 0.15) is 22.3 Å². The standard InChI is InChI=1S/C30H24N2O4/c1-17-15-23(24(32(35)36)16-18(17)2)31-29(33)27-21-13-14-22(28(27)30(31)34)26(21)25(19-9-5-3-6-10-19)20-11-7-4-8-12-20/h3-16,21-22,27-28H,1-2H3/t21-,22-,27+,28+/m1/s1. The molecule has 2 aliphatic carbocycles. The summed E-state index contributed by atoms with van der Waals surface area (Å²) >= 11 is 0. The molecule has 2 fully saturated rings. The molecule has 6 rings (SSSR count). The number of anilines is 1. The number of amides is 2. The molecule has 6 nitrogen and oxygen atoms in total. The number of hydrogen-bond donors (Lipinski definition) is 0. The van der Waals surface area contributed by atoms with E-state index in [0.717, 1.165) is 38.3 Å². The third kappa shape index (κ3) is 3.10. The van der Waals surface area contributed by atoms with E-state index in [0.29, 0.717) is 0 Å². The highest BCUT2D eigenvalue weighted by atomic mass is 16.6. The zero-order chi connectivity index (χ0) is 25.1. The number of imide groups is 1. The Hall–Kier alpha value is -4.32. The minimum atomic E-state index is -0.564. The Bertz CT molecular complexity index is 1410. The van der Waals surface area contributed by atoms with Gasteiger partial charge in [0.25, 0.3) is 5.69 Å². The minimum absolute atomic E-state index is 0.0729. The fourth-order valence-electron chi connectivity index (χ4n) is 6.15. The van der Waals surface area contributed by atoms with Crippen LogP contribution in [0.2, 0.25) is 0 Å². The van der Waals surface area contributed by atoms with Gasteiger partial charge in [0.05, 0.1) is 16.8 Å². The molecular formula is C30H24N2O4. The van der Waals surface area contributed by atoms with E-state index in [9.17, 15) is 19.7 Å². The number of carbonyl (C=O) groups excluding carboxylic acids is 2. The Morgan fingerprint density at radius 3 is 1.72 bits per heavy atom. The van der Waals surface area contributed by atoms with Crippen molar-refractivity contribution in [3.05, 3.63) is 123 Å². The number of carbonyl (C=O) groups is 2. The zero-order valence-electron chi connectivity index (χ0n) is 19.9. The molecule has 2 bridgehead atoms. The smallest absolute Gasteiger partial charge is 0.274 e. The maximum absolute atomic E-state index is 13.8. The summed E-state index contributed by atoms with van der Waals surface area (Å²) in [5, 5.41) is 11.8. The largest absolute Gasteiger partial charge is 0.293 e. The summed E-state index contributed by atoms with van der Waals surface area (Å²) < 4.78 is 0. The fraction of sp³-hybridized carbons (Fsp3) is 0.200. The second-order valence-corrected chi connectivity index (χ2v) is 9.74. The van der Waals surface area contributed by atoms with Crippen LogP contribution in [0, 0.1) is 47.6 Å². The van der Waals surface area contributed by atoms with Crippen molar-refractivity contribution in [1.82, 2.24) is 0 Å². The van der Waals surface area contributed by atoms with Gasteiger partial charge in [0.15, 0.2) is 0 Å². The lowest BCUT2D eigenvalue weighted by Crippen LogP contribution is -2.34. The lowest BCUT2D eigenvalue weighted by atomic mass is 9.85. The highest BCUT2D eigenvalue weighted by molar-refractivity contribution is 6.24. The number of fused-ring (bicyclic) bond motifs is 5. The summed E-state index contributed by atoms with van der Waals surface area (Å²) in [6, 6.07) is 23.1. The van der Waals surface area contributed by atoms with Gasteiger partial charge in [0.2, 0.25) is 11.8 Å². The molecule has 0 radical (unpaired) electrons. The van der Waals surface area contributed by atoms with Gasteiger partial charge in [0, 0.05) is 17.9 Å². The van der Waals surface area contributed by atoms with E-state index >= 15 is 0 Å². The molecule has 1 heterocycles. The number of hydrogen-bond acceptors (Lipinski definition) is 4. The van der Waals surface area contributed by atoms with Crippen molar-refractivity contribution in [2.75, 3.05) is 4.90 Å². The van der Waals surface area contributed by atoms with Gasteiger partial charge in [-0.15, -0.1) is 0 Å². The third-order valence-corrected chi connectivity index (χ3v) is 7.86. The lowest BCUT2D eigenvalue weighted by molar-refractivity contribution is -0.384. The van der Waals surface area contributed by atoms with Crippen LogP contribution < -0.4 is 4.90 Å². The van der Waals surface area contributed by atoms with Gasteiger partial charge in [-0.3, -0.25) is 19.7 Å². The summed E-state index contributed by atoms with van der Waals surface area (Å²) in [7, 11) is 0. The molecule has 3 aliphatic rings. The lowest BCUT2D eigenvalue weighted by Gasteiger charge is -2.22. The number of aryl methyl sites for hydroxylation is 2. The monoisotopic (exact) mass is 476 g/mol. The van der Waals surface area contributed by atoms with Gasteiger partial charge in [-0.1, -0.05) is 72.8 Å². The first-order valence-corrected chi connectivity index (χ1v) is 12.0. The van der Waals surface area contributed by atoms with E-state index in [1.54, 1.807) is 13.0 Å². The molecule has 3 aromatic carbocycles. The maximum atomic E-state index is 13.8. The van der Waals surface area contributed by atoms with Crippen LogP contribution in [0.4, 0.5) is 11.4 Å². The molecule has 1 aliphatic heterocycles. The van der Waals surface area contributed by atoms with E-state index in [1.807, 2.05) is 55.5 Å². The molecule has 1 saturated heterocycles. The second kappa shape index (κ2) is 8.12. The van der Waals surface area contributed by atoms with Gasteiger partial charge >= 0.3 is 0 Å². The Morgan fingerprint density at radius 2 is 1.25 bits per heavy atom. The normalized spacial score (nSPS) is 23.9. The van der Waals surface area contributed by atoms with Crippen molar-refractivity contribution in [1.29, 1.82) is 0 Å². The molecule has 36 heavy (non-hydrogen) atoms. The van der Waals surface area contributed by atoms with Gasteiger partial charge in [-0.2, -0.15) is 0 Å². The Balaban J connectivity index is 1.49. The van der Waals surface area contributed by atoms with Crippen molar-refractivity contribution in [2.45, 2.75) is 13.8 Å². The maximum Gasteiger partial charge on any atom is 0.293 e. The zero-order valence-corrected chi connectivity index (χ0v) is 19.9. The van der Waals surface area contributed by atoms with Crippen LogP contribution in [0.25, 0.3) is 5.57 Å². The van der Waals surface area contributed by atoms with E-state index in [2.05, 4.69) is 24.3 Å². The molecule has 2 amide bonds. The molecule has 6 heteroatoms.